The molecule has 5 nitrogen and oxygen atoms in total. The van der Waals surface area contributed by atoms with Gasteiger partial charge in [0.1, 0.15) is 6.04 Å². The second kappa shape index (κ2) is 6.26. The van der Waals surface area contributed by atoms with Crippen LogP contribution in [0.1, 0.15) is 26.2 Å². The predicted molar refractivity (Wildman–Crippen MR) is 80.9 cm³/mol. The number of hydrogen-bond donors (Lipinski definition) is 1. The Kier molecular flexibility index (Phi) is 4.20. The van der Waals surface area contributed by atoms with E-state index in [9.17, 15) is 4.79 Å². The van der Waals surface area contributed by atoms with Gasteiger partial charge in [0.05, 0.1) is 24.0 Å². The van der Waals surface area contributed by atoms with Gasteiger partial charge >= 0.3 is 5.97 Å². The zero-order valence-corrected chi connectivity index (χ0v) is 12.3. The van der Waals surface area contributed by atoms with Crippen LogP contribution in [0.2, 0.25) is 0 Å². The van der Waals surface area contributed by atoms with E-state index in [0.717, 1.165) is 36.8 Å². The number of carbonyl (C=O) groups excluding carboxylic acids is 1. The Morgan fingerprint density at radius 1 is 1.48 bits per heavy atom. The van der Waals surface area contributed by atoms with Gasteiger partial charge in [-0.05, 0) is 38.3 Å². The third kappa shape index (κ3) is 3.42. The highest BCUT2D eigenvalue weighted by Gasteiger charge is 2.29. The van der Waals surface area contributed by atoms with Gasteiger partial charge in [-0.15, -0.1) is 0 Å². The molecule has 1 aliphatic rings. The maximum atomic E-state index is 12.0. The maximum Gasteiger partial charge on any atom is 0.323 e. The number of nitrogens with one attached hydrogen (secondary N) is 1. The Bertz CT molecular complexity index is 619. The van der Waals surface area contributed by atoms with Crippen molar-refractivity contribution >= 4 is 17.0 Å². The average molecular weight is 287 g/mol. The number of aromatic nitrogens is 2. The molecule has 0 bridgehead atoms. The molecule has 1 unspecified atom stereocenters. The highest BCUT2D eigenvalue weighted by Crippen LogP contribution is 2.21. The van der Waals surface area contributed by atoms with Gasteiger partial charge in [-0.1, -0.05) is 12.1 Å². The Morgan fingerprint density at radius 2 is 2.29 bits per heavy atom. The van der Waals surface area contributed by atoms with Crippen molar-refractivity contribution in [3.05, 3.63) is 30.6 Å². The smallest absolute Gasteiger partial charge is 0.323 e. The van der Waals surface area contributed by atoms with Crippen molar-refractivity contribution < 1.29 is 9.53 Å². The van der Waals surface area contributed by atoms with Crippen LogP contribution in [0.25, 0.3) is 11.0 Å². The zero-order chi connectivity index (χ0) is 14.7. The summed E-state index contributed by atoms with van der Waals surface area (Å²) in [6.07, 6.45) is 4.87. The van der Waals surface area contributed by atoms with Gasteiger partial charge in [-0.2, -0.15) is 0 Å². The van der Waals surface area contributed by atoms with Gasteiger partial charge in [0.2, 0.25) is 0 Å². The van der Waals surface area contributed by atoms with Gasteiger partial charge in [0.25, 0.3) is 0 Å². The summed E-state index contributed by atoms with van der Waals surface area (Å²) in [6.45, 7) is 3.02. The Morgan fingerprint density at radius 3 is 3.05 bits per heavy atom. The summed E-state index contributed by atoms with van der Waals surface area (Å²) in [6, 6.07) is 8.30. The van der Waals surface area contributed by atoms with Crippen LogP contribution in [-0.2, 0) is 16.1 Å². The molecule has 2 aromatic rings. The first kappa shape index (κ1) is 14.1. The predicted octanol–water partition coefficient (Wildman–Crippen LogP) is 2.11. The van der Waals surface area contributed by atoms with Crippen LogP contribution in [0.4, 0.5) is 0 Å². The third-order valence-corrected chi connectivity index (χ3v) is 3.77. The van der Waals surface area contributed by atoms with E-state index < -0.39 is 0 Å². The topological polar surface area (TPSA) is 56.2 Å². The van der Waals surface area contributed by atoms with Crippen molar-refractivity contribution in [1.29, 1.82) is 0 Å². The minimum absolute atomic E-state index is 0.145. The summed E-state index contributed by atoms with van der Waals surface area (Å²) in [4.78, 5) is 16.4. The Balaban J connectivity index is 1.66. The molecular weight excluding hydrogens is 266 g/mol. The lowest BCUT2D eigenvalue weighted by molar-refractivity contribution is -0.146. The van der Waals surface area contributed by atoms with Crippen molar-refractivity contribution in [2.24, 2.45) is 0 Å². The SMILES string of the molecule is CCOC(=O)C(CCn1cnc2ccccc21)NC1CC1. The number of rotatable bonds is 7. The van der Waals surface area contributed by atoms with Gasteiger partial charge in [-0.25, -0.2) is 4.98 Å². The fraction of sp³-hybridized carbons (Fsp3) is 0.500. The second-order valence-corrected chi connectivity index (χ2v) is 5.46. The number of fused-ring (bicyclic) bond motifs is 1. The normalized spacial score (nSPS) is 16.0. The van der Waals surface area contributed by atoms with Crippen LogP contribution < -0.4 is 5.32 Å². The molecule has 0 amide bonds. The van der Waals surface area contributed by atoms with Crippen LogP contribution in [0.3, 0.4) is 0 Å². The molecule has 3 rings (SSSR count). The van der Waals surface area contributed by atoms with Crippen molar-refractivity contribution in [2.75, 3.05) is 6.61 Å². The van der Waals surface area contributed by atoms with Crippen LogP contribution in [0.5, 0.6) is 0 Å². The molecule has 1 aromatic carbocycles. The molecule has 5 heteroatoms. The molecule has 21 heavy (non-hydrogen) atoms. The van der Waals surface area contributed by atoms with E-state index in [-0.39, 0.29) is 12.0 Å². The fourth-order valence-electron chi connectivity index (χ4n) is 2.50. The van der Waals surface area contributed by atoms with E-state index in [0.29, 0.717) is 12.6 Å². The quantitative estimate of drug-likeness (QED) is 0.792. The molecule has 1 saturated carbocycles. The first-order valence-corrected chi connectivity index (χ1v) is 7.60. The van der Waals surface area contributed by atoms with E-state index in [2.05, 4.69) is 20.9 Å². The van der Waals surface area contributed by atoms with Gasteiger partial charge in [0.15, 0.2) is 0 Å². The lowest BCUT2D eigenvalue weighted by Gasteiger charge is -2.17. The molecule has 0 spiro atoms. The molecule has 0 saturated heterocycles. The Hall–Kier alpha value is -1.88. The molecule has 1 fully saturated rings. The summed E-state index contributed by atoms with van der Waals surface area (Å²) in [5.41, 5.74) is 2.09. The molecule has 112 valence electrons. The first-order valence-electron chi connectivity index (χ1n) is 7.60. The van der Waals surface area contributed by atoms with Crippen molar-refractivity contribution in [2.45, 2.75) is 44.8 Å². The molecule has 1 aliphatic carbocycles. The summed E-state index contributed by atoms with van der Waals surface area (Å²) >= 11 is 0. The summed E-state index contributed by atoms with van der Waals surface area (Å²) in [5.74, 6) is -0.145. The number of hydrogen-bond acceptors (Lipinski definition) is 4. The van der Waals surface area contributed by atoms with Crippen LogP contribution in [-0.4, -0.2) is 34.2 Å². The van der Waals surface area contributed by atoms with E-state index in [1.165, 1.54) is 0 Å². The van der Waals surface area contributed by atoms with Crippen LogP contribution >= 0.6 is 0 Å². The largest absolute Gasteiger partial charge is 0.465 e. The van der Waals surface area contributed by atoms with E-state index >= 15 is 0 Å². The lowest BCUT2D eigenvalue weighted by Crippen LogP contribution is -2.40. The number of aryl methyl sites for hydroxylation is 1. The summed E-state index contributed by atoms with van der Waals surface area (Å²) in [5, 5.41) is 3.38. The number of carbonyl (C=O) groups is 1. The minimum atomic E-state index is -0.224. The highest BCUT2D eigenvalue weighted by molar-refractivity contribution is 5.76. The van der Waals surface area contributed by atoms with Gasteiger partial charge in [0, 0.05) is 12.6 Å². The lowest BCUT2D eigenvalue weighted by atomic mass is 10.2. The molecule has 1 atom stereocenters. The van der Waals surface area contributed by atoms with Crippen LogP contribution in [0.15, 0.2) is 30.6 Å². The first-order chi connectivity index (χ1) is 10.3. The molecule has 1 N–H and O–H groups in total. The molecule has 1 aromatic heterocycles. The average Bonchev–Trinajstić information content (AvgIpc) is 3.22. The van der Waals surface area contributed by atoms with E-state index in [4.69, 9.17) is 4.74 Å². The zero-order valence-electron chi connectivity index (χ0n) is 12.3. The molecular formula is C16H21N3O2. The van der Waals surface area contributed by atoms with Gasteiger partial charge in [-0.3, -0.25) is 4.79 Å². The fourth-order valence-corrected chi connectivity index (χ4v) is 2.50. The monoisotopic (exact) mass is 287 g/mol. The number of imidazole rings is 1. The number of ether oxygens (including phenoxy) is 1. The number of esters is 1. The molecule has 1 heterocycles. The molecule has 0 radical (unpaired) electrons. The standard InChI is InChI=1S/C16H21N3O2/c1-2-21-16(20)14(18-12-7-8-12)9-10-19-11-17-13-5-3-4-6-15(13)19/h3-6,11-12,14,18H,2,7-10H2,1H3. The minimum Gasteiger partial charge on any atom is -0.465 e. The van der Waals surface area contributed by atoms with E-state index in [1.807, 2.05) is 31.5 Å². The van der Waals surface area contributed by atoms with Crippen LogP contribution in [0, 0.1) is 0 Å². The number of para-hydroxylation sites is 2. The summed E-state index contributed by atoms with van der Waals surface area (Å²) < 4.78 is 7.26. The number of nitrogens with zero attached hydrogens (tertiary/aromatic N) is 2. The molecule has 0 aliphatic heterocycles. The maximum absolute atomic E-state index is 12.0. The third-order valence-electron chi connectivity index (χ3n) is 3.77. The van der Waals surface area contributed by atoms with E-state index in [1.54, 1.807) is 0 Å². The summed E-state index contributed by atoms with van der Waals surface area (Å²) in [7, 11) is 0. The Labute approximate surface area is 124 Å². The van der Waals surface area contributed by atoms with Gasteiger partial charge < -0.3 is 14.6 Å². The van der Waals surface area contributed by atoms with Crippen molar-refractivity contribution in [1.82, 2.24) is 14.9 Å². The number of benzene rings is 1. The second-order valence-electron chi connectivity index (χ2n) is 5.46. The van der Waals surface area contributed by atoms with Crippen molar-refractivity contribution in [3.8, 4) is 0 Å². The van der Waals surface area contributed by atoms with Crippen molar-refractivity contribution in [3.63, 3.8) is 0 Å². The highest BCUT2D eigenvalue weighted by atomic mass is 16.5.